The number of carbonyl (C=O) groups is 3. The molecule has 156 valence electrons. The third-order valence-electron chi connectivity index (χ3n) is 4.54. The number of anilines is 3. The highest BCUT2D eigenvalue weighted by Gasteiger charge is 2.34. The molecule has 1 heterocycles. The zero-order chi connectivity index (χ0) is 21.7. The van der Waals surface area contributed by atoms with Crippen LogP contribution in [0.1, 0.15) is 26.7 Å². The van der Waals surface area contributed by atoms with Gasteiger partial charge in [0, 0.05) is 24.2 Å². The van der Waals surface area contributed by atoms with E-state index in [0.29, 0.717) is 23.5 Å². The fourth-order valence-corrected chi connectivity index (χ4v) is 3.11. The fraction of sp³-hybridized carbons (Fsp3) is 0.273. The average Bonchev–Trinajstić information content (AvgIpc) is 3.15. The summed E-state index contributed by atoms with van der Waals surface area (Å²) in [6, 6.07) is 15.2. The maximum absolute atomic E-state index is 12.7. The van der Waals surface area contributed by atoms with Crippen LogP contribution in [-0.2, 0) is 14.4 Å². The van der Waals surface area contributed by atoms with E-state index in [-0.39, 0.29) is 24.0 Å². The number of primary amides is 1. The van der Waals surface area contributed by atoms with Gasteiger partial charge in [-0.05, 0) is 42.3 Å². The highest BCUT2D eigenvalue weighted by Crippen LogP contribution is 2.25. The van der Waals surface area contributed by atoms with Gasteiger partial charge in [0.2, 0.25) is 11.8 Å². The largest absolute Gasteiger partial charge is 0.368 e. The molecule has 0 bridgehead atoms. The Hall–Kier alpha value is -3.68. The maximum atomic E-state index is 12.7. The van der Waals surface area contributed by atoms with Crippen molar-refractivity contribution in [1.29, 1.82) is 0 Å². The van der Waals surface area contributed by atoms with Crippen LogP contribution in [0.25, 0.3) is 0 Å². The zero-order valence-electron chi connectivity index (χ0n) is 17.0. The van der Waals surface area contributed by atoms with Gasteiger partial charge >= 0.3 is 0 Å². The maximum Gasteiger partial charge on any atom is 0.271 e. The Bertz CT molecular complexity index is 954. The van der Waals surface area contributed by atoms with Gasteiger partial charge in [0.25, 0.3) is 5.91 Å². The molecule has 2 aromatic rings. The molecule has 8 nitrogen and oxygen atoms in total. The third kappa shape index (κ3) is 5.22. The number of benzene rings is 2. The van der Waals surface area contributed by atoms with Crippen LogP contribution < -0.4 is 21.4 Å². The second-order valence-electron chi connectivity index (χ2n) is 7.53. The van der Waals surface area contributed by atoms with Crippen LogP contribution >= 0.6 is 0 Å². The van der Waals surface area contributed by atoms with Crippen LogP contribution in [0.4, 0.5) is 17.1 Å². The standard InChI is InChI=1S/C22H25N5O3/c1-14(2)12-20(28)24-15-8-10-16(11-9-15)25-22(30)18-13-19(21(23)29)27(26-18)17-6-4-3-5-7-17/h3-11,14,19H,12-13H2,1-2H3,(H2,23,29)(H,24,28)(H,25,30)/t19-/m1/s1. The molecule has 0 saturated heterocycles. The van der Waals surface area contributed by atoms with Crippen molar-refractivity contribution in [1.82, 2.24) is 0 Å². The number of hydrogen-bond acceptors (Lipinski definition) is 5. The Morgan fingerprint density at radius 2 is 1.63 bits per heavy atom. The molecule has 1 atom stereocenters. The zero-order valence-corrected chi connectivity index (χ0v) is 17.0. The van der Waals surface area contributed by atoms with Crippen molar-refractivity contribution in [2.75, 3.05) is 15.6 Å². The Morgan fingerprint density at radius 3 is 2.20 bits per heavy atom. The van der Waals surface area contributed by atoms with Crippen LogP contribution in [0.15, 0.2) is 59.7 Å². The summed E-state index contributed by atoms with van der Waals surface area (Å²) in [6.07, 6.45) is 0.566. The number of nitrogens with zero attached hydrogens (tertiary/aromatic N) is 2. The van der Waals surface area contributed by atoms with E-state index in [1.807, 2.05) is 32.0 Å². The first kappa shape index (κ1) is 21.0. The minimum atomic E-state index is -0.716. The van der Waals surface area contributed by atoms with Gasteiger partial charge in [0.15, 0.2) is 0 Å². The molecule has 0 unspecified atom stereocenters. The Kier molecular flexibility index (Phi) is 6.46. The topological polar surface area (TPSA) is 117 Å². The third-order valence-corrected chi connectivity index (χ3v) is 4.54. The quantitative estimate of drug-likeness (QED) is 0.654. The number of hydrogen-bond donors (Lipinski definition) is 3. The van der Waals surface area contributed by atoms with Gasteiger partial charge in [0.1, 0.15) is 11.8 Å². The summed E-state index contributed by atoms with van der Waals surface area (Å²) >= 11 is 0. The Labute approximate surface area is 175 Å². The summed E-state index contributed by atoms with van der Waals surface area (Å²) in [5, 5.41) is 11.4. The minimum Gasteiger partial charge on any atom is -0.368 e. The minimum absolute atomic E-state index is 0.0550. The molecule has 30 heavy (non-hydrogen) atoms. The van der Waals surface area contributed by atoms with Gasteiger partial charge in [-0.25, -0.2) is 0 Å². The second-order valence-corrected chi connectivity index (χ2v) is 7.53. The molecule has 1 aliphatic rings. The van der Waals surface area contributed by atoms with Crippen LogP contribution in [0.2, 0.25) is 0 Å². The van der Waals surface area contributed by atoms with Gasteiger partial charge < -0.3 is 16.4 Å². The normalized spacial score (nSPS) is 15.6. The lowest BCUT2D eigenvalue weighted by Crippen LogP contribution is -2.39. The second kappa shape index (κ2) is 9.21. The summed E-state index contributed by atoms with van der Waals surface area (Å²) in [5.74, 6) is -0.737. The van der Waals surface area contributed by atoms with Crippen LogP contribution in [0.3, 0.4) is 0 Å². The monoisotopic (exact) mass is 407 g/mol. The number of nitrogens with two attached hydrogens (primary N) is 1. The molecule has 3 rings (SSSR count). The molecular weight excluding hydrogens is 382 g/mol. The number of rotatable bonds is 7. The van der Waals surface area contributed by atoms with Crippen molar-refractivity contribution < 1.29 is 14.4 Å². The molecule has 0 radical (unpaired) electrons. The van der Waals surface area contributed by atoms with Gasteiger partial charge in [-0.15, -0.1) is 0 Å². The SMILES string of the molecule is CC(C)CC(=O)Nc1ccc(NC(=O)C2=NN(c3ccccc3)[C@@H](C(N)=O)C2)cc1. The first-order chi connectivity index (χ1) is 14.3. The Balaban J connectivity index is 1.67. The molecule has 1 aliphatic heterocycles. The van der Waals surface area contributed by atoms with Crippen molar-refractivity contribution in [2.24, 2.45) is 16.8 Å². The van der Waals surface area contributed by atoms with Crippen molar-refractivity contribution in [3.05, 3.63) is 54.6 Å². The van der Waals surface area contributed by atoms with E-state index in [1.165, 1.54) is 5.01 Å². The van der Waals surface area contributed by atoms with Gasteiger partial charge in [0.05, 0.1) is 5.69 Å². The van der Waals surface area contributed by atoms with Crippen molar-refractivity contribution in [3.8, 4) is 0 Å². The van der Waals surface area contributed by atoms with E-state index in [9.17, 15) is 14.4 Å². The predicted molar refractivity (Wildman–Crippen MR) is 117 cm³/mol. The summed E-state index contributed by atoms with van der Waals surface area (Å²) < 4.78 is 0. The van der Waals surface area contributed by atoms with Crippen LogP contribution in [0, 0.1) is 5.92 Å². The lowest BCUT2D eigenvalue weighted by molar-refractivity contribution is -0.119. The first-order valence-electron chi connectivity index (χ1n) is 9.76. The highest BCUT2D eigenvalue weighted by molar-refractivity contribution is 6.44. The molecular formula is C22H25N5O3. The Morgan fingerprint density at radius 1 is 1.03 bits per heavy atom. The molecule has 0 aromatic heterocycles. The van der Waals surface area contributed by atoms with Gasteiger partial charge in [-0.1, -0.05) is 32.0 Å². The van der Waals surface area contributed by atoms with Crippen molar-refractivity contribution in [3.63, 3.8) is 0 Å². The number of carbonyl (C=O) groups excluding carboxylic acids is 3. The summed E-state index contributed by atoms with van der Waals surface area (Å²) in [7, 11) is 0. The molecule has 0 saturated carbocycles. The molecule has 0 spiro atoms. The molecule has 4 N–H and O–H groups in total. The summed E-state index contributed by atoms with van der Waals surface area (Å²) in [6.45, 7) is 3.96. The van der Waals surface area contributed by atoms with Crippen molar-refractivity contribution >= 4 is 40.5 Å². The first-order valence-corrected chi connectivity index (χ1v) is 9.76. The number of nitrogens with one attached hydrogen (secondary N) is 2. The molecule has 3 amide bonds. The number of para-hydroxylation sites is 1. The van der Waals surface area contributed by atoms with Crippen LogP contribution in [-0.4, -0.2) is 29.5 Å². The molecule has 0 aliphatic carbocycles. The van der Waals surface area contributed by atoms with Gasteiger partial charge in [-0.2, -0.15) is 5.10 Å². The molecule has 8 heteroatoms. The fourth-order valence-electron chi connectivity index (χ4n) is 3.11. The lowest BCUT2D eigenvalue weighted by Gasteiger charge is -2.20. The number of hydrazone groups is 1. The van der Waals surface area contributed by atoms with E-state index in [1.54, 1.807) is 36.4 Å². The van der Waals surface area contributed by atoms with E-state index in [4.69, 9.17) is 5.73 Å². The van der Waals surface area contributed by atoms with E-state index >= 15 is 0 Å². The van der Waals surface area contributed by atoms with E-state index < -0.39 is 17.9 Å². The van der Waals surface area contributed by atoms with Crippen molar-refractivity contribution in [2.45, 2.75) is 32.7 Å². The average molecular weight is 407 g/mol. The van der Waals surface area contributed by atoms with E-state index in [2.05, 4.69) is 15.7 Å². The van der Waals surface area contributed by atoms with Crippen LogP contribution in [0.5, 0.6) is 0 Å². The summed E-state index contributed by atoms with van der Waals surface area (Å²) in [5.41, 5.74) is 7.62. The van der Waals surface area contributed by atoms with E-state index in [0.717, 1.165) is 0 Å². The predicted octanol–water partition coefficient (Wildman–Crippen LogP) is 2.73. The summed E-state index contributed by atoms with van der Waals surface area (Å²) in [4.78, 5) is 36.4. The lowest BCUT2D eigenvalue weighted by atomic mass is 10.1. The van der Waals surface area contributed by atoms with Gasteiger partial charge in [-0.3, -0.25) is 19.4 Å². The smallest absolute Gasteiger partial charge is 0.271 e. The molecule has 2 aromatic carbocycles. The highest BCUT2D eigenvalue weighted by atomic mass is 16.2. The number of amides is 3. The molecule has 0 fully saturated rings.